The summed E-state index contributed by atoms with van der Waals surface area (Å²) in [5.41, 5.74) is 2.54. The van der Waals surface area contributed by atoms with E-state index in [1.807, 2.05) is 35.7 Å². The first-order chi connectivity index (χ1) is 14.6. The van der Waals surface area contributed by atoms with Crippen molar-refractivity contribution in [1.29, 1.82) is 0 Å². The Morgan fingerprint density at radius 1 is 1.20 bits per heavy atom. The number of amides is 1. The van der Waals surface area contributed by atoms with E-state index in [0.717, 1.165) is 11.1 Å². The maximum Gasteiger partial charge on any atom is 0.239 e. The van der Waals surface area contributed by atoms with Crippen LogP contribution in [-0.2, 0) is 11.3 Å². The van der Waals surface area contributed by atoms with Gasteiger partial charge in [0.2, 0.25) is 11.1 Å². The number of hydrogen-bond acceptors (Lipinski definition) is 7. The monoisotopic (exact) mass is 440 g/mol. The average Bonchev–Trinajstić information content (AvgIpc) is 3.39. The molecule has 0 saturated carbocycles. The van der Waals surface area contributed by atoms with Crippen molar-refractivity contribution < 1.29 is 9.18 Å². The molecule has 2 heterocycles. The number of anilines is 1. The van der Waals surface area contributed by atoms with Gasteiger partial charge in [-0.2, -0.15) is 0 Å². The van der Waals surface area contributed by atoms with Crippen molar-refractivity contribution in [2.24, 2.45) is 0 Å². The summed E-state index contributed by atoms with van der Waals surface area (Å²) in [6.45, 7) is 2.31. The van der Waals surface area contributed by atoms with E-state index in [-0.39, 0.29) is 11.7 Å². The van der Waals surface area contributed by atoms with Gasteiger partial charge in [-0.05, 0) is 47.2 Å². The van der Waals surface area contributed by atoms with E-state index in [1.54, 1.807) is 23.7 Å². The van der Waals surface area contributed by atoms with Crippen LogP contribution in [0.3, 0.4) is 0 Å². The highest BCUT2D eigenvalue weighted by atomic mass is 32.2. The van der Waals surface area contributed by atoms with Gasteiger partial charge in [-0.25, -0.2) is 14.1 Å². The maximum atomic E-state index is 13.1. The molecule has 0 saturated heterocycles. The van der Waals surface area contributed by atoms with Crippen LogP contribution < -0.4 is 5.32 Å². The molecule has 1 amide bonds. The molecule has 0 spiro atoms. The zero-order valence-corrected chi connectivity index (χ0v) is 17.5. The first-order valence-electron chi connectivity index (χ1n) is 9.07. The Bertz CT molecular complexity index is 1130. The van der Waals surface area contributed by atoms with Crippen molar-refractivity contribution in [1.82, 2.24) is 25.2 Å². The van der Waals surface area contributed by atoms with Crippen LogP contribution in [0.25, 0.3) is 11.3 Å². The molecule has 152 valence electrons. The van der Waals surface area contributed by atoms with Crippen LogP contribution in [0.15, 0.2) is 65.1 Å². The molecule has 2 aromatic carbocycles. The molecule has 1 atom stereocenters. The molecule has 0 radical (unpaired) electrons. The first-order valence-corrected chi connectivity index (χ1v) is 10.8. The number of hydrogen-bond donors (Lipinski definition) is 1. The van der Waals surface area contributed by atoms with E-state index in [9.17, 15) is 9.18 Å². The van der Waals surface area contributed by atoms with Crippen LogP contribution in [0.1, 0.15) is 12.5 Å². The number of thioether (sulfide) groups is 1. The number of carbonyl (C=O) groups is 1. The largest absolute Gasteiger partial charge is 0.301 e. The number of aromatic nitrogens is 5. The molecular weight excluding hydrogens is 423 g/mol. The van der Waals surface area contributed by atoms with Crippen LogP contribution >= 0.6 is 23.1 Å². The summed E-state index contributed by atoms with van der Waals surface area (Å²) in [7, 11) is 0. The lowest BCUT2D eigenvalue weighted by molar-refractivity contribution is -0.115. The van der Waals surface area contributed by atoms with Crippen LogP contribution in [0.4, 0.5) is 9.52 Å². The second kappa shape index (κ2) is 9.14. The molecule has 30 heavy (non-hydrogen) atoms. The molecule has 0 bridgehead atoms. The van der Waals surface area contributed by atoms with E-state index < -0.39 is 5.25 Å². The number of carbonyl (C=O) groups excluding carboxylic acids is 1. The standard InChI is InChI=1S/C20H17FN6OS2/c1-13(30-20-24-25-26-27(20)11-14-5-3-2-4-6-14)18(28)23-19-22-17(12-29-19)15-7-9-16(21)10-8-15/h2-10,12-13H,11H2,1H3,(H,22,23,28). The van der Waals surface area contributed by atoms with Crippen molar-refractivity contribution in [2.45, 2.75) is 23.9 Å². The number of rotatable bonds is 7. The lowest BCUT2D eigenvalue weighted by atomic mass is 10.2. The first kappa shape index (κ1) is 20.2. The second-order valence-corrected chi connectivity index (χ2v) is 8.56. The van der Waals surface area contributed by atoms with Gasteiger partial charge < -0.3 is 5.32 Å². The van der Waals surface area contributed by atoms with Gasteiger partial charge in [-0.1, -0.05) is 42.1 Å². The third-order valence-corrected chi connectivity index (χ3v) is 6.03. The summed E-state index contributed by atoms with van der Waals surface area (Å²) in [4.78, 5) is 17.0. The Labute approximate surface area is 180 Å². The van der Waals surface area contributed by atoms with E-state index in [1.165, 1.54) is 35.2 Å². The molecule has 1 N–H and O–H groups in total. The molecule has 4 aromatic rings. The predicted octanol–water partition coefficient (Wildman–Crippen LogP) is 4.10. The highest BCUT2D eigenvalue weighted by Crippen LogP contribution is 2.27. The van der Waals surface area contributed by atoms with Gasteiger partial charge in [0.1, 0.15) is 5.82 Å². The fourth-order valence-corrected chi connectivity index (χ4v) is 4.15. The molecule has 0 fully saturated rings. The van der Waals surface area contributed by atoms with E-state index in [2.05, 4.69) is 25.8 Å². The van der Waals surface area contributed by atoms with Crippen LogP contribution in [0.5, 0.6) is 0 Å². The predicted molar refractivity (Wildman–Crippen MR) is 115 cm³/mol. The lowest BCUT2D eigenvalue weighted by Gasteiger charge is -2.10. The second-order valence-electron chi connectivity index (χ2n) is 6.40. The number of nitrogens with zero attached hydrogens (tertiary/aromatic N) is 5. The smallest absolute Gasteiger partial charge is 0.239 e. The fraction of sp³-hybridized carbons (Fsp3) is 0.150. The summed E-state index contributed by atoms with van der Waals surface area (Å²) in [5, 5.41) is 17.0. The van der Waals surface area contributed by atoms with Crippen molar-refractivity contribution in [3.63, 3.8) is 0 Å². The Kier molecular flexibility index (Phi) is 6.15. The average molecular weight is 441 g/mol. The van der Waals surface area contributed by atoms with Gasteiger partial charge in [0.05, 0.1) is 17.5 Å². The molecule has 0 aliphatic heterocycles. The normalized spacial score (nSPS) is 11.9. The molecule has 10 heteroatoms. The number of thiazole rings is 1. The van der Waals surface area contributed by atoms with Crippen LogP contribution in [-0.4, -0.2) is 36.3 Å². The quantitative estimate of drug-likeness (QED) is 0.436. The van der Waals surface area contributed by atoms with E-state index >= 15 is 0 Å². The molecule has 2 aromatic heterocycles. The topological polar surface area (TPSA) is 85.6 Å². The highest BCUT2D eigenvalue weighted by molar-refractivity contribution is 8.00. The van der Waals surface area contributed by atoms with Gasteiger partial charge in [0, 0.05) is 10.9 Å². The minimum Gasteiger partial charge on any atom is -0.301 e. The third-order valence-electron chi connectivity index (χ3n) is 4.20. The van der Waals surface area contributed by atoms with Gasteiger partial charge in [-0.15, -0.1) is 16.4 Å². The Morgan fingerprint density at radius 3 is 2.73 bits per heavy atom. The summed E-state index contributed by atoms with van der Waals surface area (Å²) >= 11 is 2.59. The summed E-state index contributed by atoms with van der Waals surface area (Å²) in [6, 6.07) is 15.9. The van der Waals surface area contributed by atoms with E-state index in [0.29, 0.717) is 22.5 Å². The number of benzene rings is 2. The molecule has 0 aliphatic carbocycles. The molecule has 0 aliphatic rings. The van der Waals surface area contributed by atoms with Gasteiger partial charge >= 0.3 is 0 Å². The zero-order valence-electron chi connectivity index (χ0n) is 15.9. The van der Waals surface area contributed by atoms with Gasteiger partial charge in [0.15, 0.2) is 5.13 Å². The van der Waals surface area contributed by atoms with Gasteiger partial charge in [-0.3, -0.25) is 4.79 Å². The summed E-state index contributed by atoms with van der Waals surface area (Å²) < 4.78 is 14.7. The number of halogens is 1. The van der Waals surface area contributed by atoms with Crippen molar-refractivity contribution in [3.8, 4) is 11.3 Å². The van der Waals surface area contributed by atoms with Crippen molar-refractivity contribution >= 4 is 34.1 Å². The number of nitrogens with one attached hydrogen (secondary N) is 1. The summed E-state index contributed by atoms with van der Waals surface area (Å²) in [6.07, 6.45) is 0. The molecule has 1 unspecified atom stereocenters. The van der Waals surface area contributed by atoms with Crippen molar-refractivity contribution in [2.75, 3.05) is 5.32 Å². The third kappa shape index (κ3) is 4.89. The minimum absolute atomic E-state index is 0.200. The van der Waals surface area contributed by atoms with E-state index in [4.69, 9.17) is 0 Å². The van der Waals surface area contributed by atoms with Crippen molar-refractivity contribution in [3.05, 3.63) is 71.4 Å². The zero-order chi connectivity index (χ0) is 20.9. The minimum atomic E-state index is -0.427. The maximum absolute atomic E-state index is 13.1. The van der Waals surface area contributed by atoms with Crippen LogP contribution in [0.2, 0.25) is 0 Å². The highest BCUT2D eigenvalue weighted by Gasteiger charge is 2.20. The molecule has 4 rings (SSSR count). The van der Waals surface area contributed by atoms with Gasteiger partial charge in [0.25, 0.3) is 0 Å². The Morgan fingerprint density at radius 2 is 1.97 bits per heavy atom. The molecular formula is C20H17FN6OS2. The lowest BCUT2D eigenvalue weighted by Crippen LogP contribution is -2.23. The van der Waals surface area contributed by atoms with Crippen LogP contribution in [0, 0.1) is 5.82 Å². The Hall–Kier alpha value is -3.11. The number of tetrazole rings is 1. The summed E-state index contributed by atoms with van der Waals surface area (Å²) in [5.74, 6) is -0.503. The Balaban J connectivity index is 1.38. The SMILES string of the molecule is CC(Sc1nnnn1Cc1ccccc1)C(=O)Nc1nc(-c2ccc(F)cc2)cs1. The molecule has 7 nitrogen and oxygen atoms in total. The fourth-order valence-electron chi connectivity index (χ4n) is 2.64.